The highest BCUT2D eigenvalue weighted by atomic mass is 35.5. The van der Waals surface area contributed by atoms with Gasteiger partial charge in [-0.25, -0.2) is 0 Å². The van der Waals surface area contributed by atoms with Crippen LogP contribution in [-0.4, -0.2) is 31.4 Å². The molecular weight excluding hydrogens is 302 g/mol. The molecule has 2 amide bonds. The van der Waals surface area contributed by atoms with E-state index in [1.807, 2.05) is 25.1 Å². The molecule has 0 aromatic heterocycles. The molecule has 2 heterocycles. The fraction of sp³-hybridized carbons (Fsp3) is 0.500. The van der Waals surface area contributed by atoms with Gasteiger partial charge in [0.05, 0.1) is 0 Å². The van der Waals surface area contributed by atoms with Gasteiger partial charge in [-0.3, -0.25) is 9.59 Å². The average Bonchev–Trinajstić information content (AvgIpc) is 2.79. The molecule has 1 unspecified atom stereocenters. The summed E-state index contributed by atoms with van der Waals surface area (Å²) in [5.41, 5.74) is 2.92. The molecule has 2 aliphatic rings. The number of fused-ring (bicyclic) bond motifs is 1. The maximum atomic E-state index is 12.2. The molecule has 0 aliphatic carbocycles. The van der Waals surface area contributed by atoms with E-state index in [2.05, 4.69) is 10.6 Å². The highest BCUT2D eigenvalue weighted by Gasteiger charge is 2.29. The molecule has 0 saturated carbocycles. The number of amides is 2. The third-order valence-electron chi connectivity index (χ3n) is 4.56. The summed E-state index contributed by atoms with van der Waals surface area (Å²) in [5.74, 6) is 0.598. The van der Waals surface area contributed by atoms with Crippen molar-refractivity contribution in [3.8, 4) is 0 Å². The second-order valence-corrected chi connectivity index (χ2v) is 5.96. The lowest BCUT2D eigenvalue weighted by Crippen LogP contribution is -2.48. The molecule has 1 fully saturated rings. The Morgan fingerprint density at radius 3 is 2.68 bits per heavy atom. The smallest absolute Gasteiger partial charge is 0.227 e. The van der Waals surface area contributed by atoms with Crippen molar-refractivity contribution < 1.29 is 9.59 Å². The van der Waals surface area contributed by atoms with E-state index in [1.165, 1.54) is 0 Å². The molecule has 0 spiro atoms. The Hall–Kier alpha value is -1.59. The van der Waals surface area contributed by atoms with Gasteiger partial charge < -0.3 is 15.5 Å². The Balaban J connectivity index is 0.00000176. The molecule has 1 aromatic rings. The third-order valence-corrected chi connectivity index (χ3v) is 4.56. The minimum Gasteiger partial charge on any atom is -0.326 e. The lowest BCUT2D eigenvalue weighted by molar-refractivity contribution is -0.121. The summed E-state index contributed by atoms with van der Waals surface area (Å²) in [6.07, 6.45) is 0.848. The predicted octanol–water partition coefficient (Wildman–Crippen LogP) is 1.81. The first-order valence-corrected chi connectivity index (χ1v) is 7.49. The van der Waals surface area contributed by atoms with Gasteiger partial charge in [-0.05, 0) is 49.2 Å². The number of hydrogen-bond acceptors (Lipinski definition) is 3. The van der Waals surface area contributed by atoms with Crippen molar-refractivity contribution in [2.75, 3.05) is 29.9 Å². The van der Waals surface area contributed by atoms with E-state index in [4.69, 9.17) is 0 Å². The quantitative estimate of drug-likeness (QED) is 0.892. The van der Waals surface area contributed by atoms with Gasteiger partial charge in [0.15, 0.2) is 0 Å². The Labute approximate surface area is 136 Å². The minimum atomic E-state index is 0. The van der Waals surface area contributed by atoms with E-state index < -0.39 is 0 Å². The summed E-state index contributed by atoms with van der Waals surface area (Å²) < 4.78 is 0. The van der Waals surface area contributed by atoms with Gasteiger partial charge in [-0.15, -0.1) is 12.4 Å². The van der Waals surface area contributed by atoms with Gasteiger partial charge in [0, 0.05) is 30.8 Å². The van der Waals surface area contributed by atoms with Crippen LogP contribution in [0.5, 0.6) is 0 Å². The van der Waals surface area contributed by atoms with Crippen LogP contribution in [-0.2, 0) is 16.0 Å². The number of rotatable bonds is 3. The fourth-order valence-electron chi connectivity index (χ4n) is 2.94. The van der Waals surface area contributed by atoms with E-state index in [0.29, 0.717) is 5.92 Å². The first-order chi connectivity index (χ1) is 10.1. The summed E-state index contributed by atoms with van der Waals surface area (Å²) >= 11 is 0. The number of nitrogens with one attached hydrogen (secondary N) is 2. The third kappa shape index (κ3) is 3.10. The minimum absolute atomic E-state index is 0. The van der Waals surface area contributed by atoms with Gasteiger partial charge in [0.25, 0.3) is 0 Å². The first-order valence-electron chi connectivity index (χ1n) is 7.49. The highest BCUT2D eigenvalue weighted by molar-refractivity contribution is 5.96. The first kappa shape index (κ1) is 16.8. The van der Waals surface area contributed by atoms with E-state index in [-0.39, 0.29) is 30.1 Å². The molecule has 1 saturated heterocycles. The Morgan fingerprint density at radius 2 is 2.09 bits per heavy atom. The molecule has 22 heavy (non-hydrogen) atoms. The van der Waals surface area contributed by atoms with E-state index in [0.717, 1.165) is 43.0 Å². The van der Waals surface area contributed by atoms with Gasteiger partial charge in [-0.2, -0.15) is 0 Å². The maximum absolute atomic E-state index is 12.2. The number of carbonyl (C=O) groups is 2. The van der Waals surface area contributed by atoms with Crippen LogP contribution in [0.4, 0.5) is 11.4 Å². The molecule has 2 aliphatic heterocycles. The van der Waals surface area contributed by atoms with Crippen molar-refractivity contribution in [3.05, 3.63) is 23.8 Å². The summed E-state index contributed by atoms with van der Waals surface area (Å²) in [6.45, 7) is 6.13. The van der Waals surface area contributed by atoms with Gasteiger partial charge in [-0.1, -0.05) is 6.92 Å². The summed E-state index contributed by atoms with van der Waals surface area (Å²) in [5, 5.41) is 6.19. The number of benzene rings is 1. The zero-order valence-electron chi connectivity index (χ0n) is 12.9. The van der Waals surface area contributed by atoms with Crippen LogP contribution in [0.15, 0.2) is 18.2 Å². The second-order valence-electron chi connectivity index (χ2n) is 5.96. The predicted molar refractivity (Wildman–Crippen MR) is 89.6 cm³/mol. The van der Waals surface area contributed by atoms with Gasteiger partial charge in [0.2, 0.25) is 11.8 Å². The molecule has 6 heteroatoms. The molecule has 1 atom stereocenters. The summed E-state index contributed by atoms with van der Waals surface area (Å²) in [7, 11) is 0. The van der Waals surface area contributed by atoms with Crippen LogP contribution in [0, 0.1) is 11.8 Å². The average molecular weight is 324 g/mol. The highest BCUT2D eigenvalue weighted by Crippen LogP contribution is 2.30. The van der Waals surface area contributed by atoms with Crippen LogP contribution in [0.25, 0.3) is 0 Å². The fourth-order valence-corrected chi connectivity index (χ4v) is 2.94. The number of nitrogens with zero attached hydrogens (tertiary/aromatic N) is 1. The van der Waals surface area contributed by atoms with Crippen molar-refractivity contribution in [3.63, 3.8) is 0 Å². The largest absolute Gasteiger partial charge is 0.326 e. The number of hydrogen-bond donors (Lipinski definition) is 2. The number of halogens is 1. The van der Waals surface area contributed by atoms with E-state index in [1.54, 1.807) is 11.8 Å². The van der Waals surface area contributed by atoms with Crippen molar-refractivity contribution in [1.82, 2.24) is 5.32 Å². The SMILES string of the molecule is CC(=O)N1CCc2cc(NC(=O)C(C)C3CNC3)ccc21.Cl. The van der Waals surface area contributed by atoms with Crippen molar-refractivity contribution >= 4 is 35.6 Å². The van der Waals surface area contributed by atoms with Crippen LogP contribution in [0.2, 0.25) is 0 Å². The summed E-state index contributed by atoms with van der Waals surface area (Å²) in [4.78, 5) is 25.5. The molecule has 0 bridgehead atoms. The van der Waals surface area contributed by atoms with E-state index in [9.17, 15) is 9.59 Å². The zero-order chi connectivity index (χ0) is 15.0. The van der Waals surface area contributed by atoms with Crippen molar-refractivity contribution in [1.29, 1.82) is 0 Å². The zero-order valence-corrected chi connectivity index (χ0v) is 13.7. The normalized spacial score (nSPS) is 18.0. The standard InChI is InChI=1S/C16H21N3O2.ClH/c1-10(13-8-17-9-13)16(21)18-14-3-4-15-12(7-14)5-6-19(15)11(2)20;/h3-4,7,10,13,17H,5-6,8-9H2,1-2H3,(H,18,21);1H. The van der Waals surface area contributed by atoms with E-state index >= 15 is 0 Å². The topological polar surface area (TPSA) is 61.4 Å². The van der Waals surface area contributed by atoms with Crippen LogP contribution in [0.3, 0.4) is 0 Å². The van der Waals surface area contributed by atoms with Crippen molar-refractivity contribution in [2.45, 2.75) is 20.3 Å². The van der Waals surface area contributed by atoms with Crippen LogP contribution >= 0.6 is 12.4 Å². The lowest BCUT2D eigenvalue weighted by atomic mass is 9.88. The molecule has 0 radical (unpaired) electrons. The molecule has 2 N–H and O–H groups in total. The molecule has 1 aromatic carbocycles. The molecule has 3 rings (SSSR count). The second kappa shape index (κ2) is 6.67. The van der Waals surface area contributed by atoms with Gasteiger partial charge in [0.1, 0.15) is 0 Å². The van der Waals surface area contributed by atoms with Crippen LogP contribution < -0.4 is 15.5 Å². The summed E-state index contributed by atoms with van der Waals surface area (Å²) in [6, 6.07) is 5.79. The van der Waals surface area contributed by atoms with Gasteiger partial charge >= 0.3 is 0 Å². The van der Waals surface area contributed by atoms with Crippen molar-refractivity contribution in [2.24, 2.45) is 11.8 Å². The molecular formula is C16H22ClN3O2. The molecule has 120 valence electrons. The lowest BCUT2D eigenvalue weighted by Gasteiger charge is -2.31. The Morgan fingerprint density at radius 1 is 1.36 bits per heavy atom. The Bertz CT molecular complexity index is 587. The number of anilines is 2. The number of carbonyl (C=O) groups excluding carboxylic acids is 2. The monoisotopic (exact) mass is 323 g/mol. The van der Waals surface area contributed by atoms with Crippen LogP contribution in [0.1, 0.15) is 19.4 Å². The maximum Gasteiger partial charge on any atom is 0.227 e. The molecule has 5 nitrogen and oxygen atoms in total. The Kier molecular flexibility index (Phi) is 5.08.